The van der Waals surface area contributed by atoms with Crippen LogP contribution in [0.2, 0.25) is 0 Å². The van der Waals surface area contributed by atoms with Crippen molar-refractivity contribution in [2.24, 2.45) is 0 Å². The molecule has 0 radical (unpaired) electrons. The minimum absolute atomic E-state index is 0.940. The van der Waals surface area contributed by atoms with E-state index in [0.717, 1.165) is 13.1 Å². The molecule has 2 heteroatoms. The van der Waals surface area contributed by atoms with Crippen LogP contribution in [0.3, 0.4) is 0 Å². The van der Waals surface area contributed by atoms with Crippen LogP contribution >= 0.6 is 0 Å². The summed E-state index contributed by atoms with van der Waals surface area (Å²) < 4.78 is 0. The lowest BCUT2D eigenvalue weighted by Crippen LogP contribution is -2.00. The molecule has 1 aliphatic rings. The lowest BCUT2D eigenvalue weighted by molar-refractivity contribution is 0.757. The summed E-state index contributed by atoms with van der Waals surface area (Å²) >= 11 is 0. The van der Waals surface area contributed by atoms with Gasteiger partial charge in [-0.05, 0) is 18.1 Å². The van der Waals surface area contributed by atoms with Gasteiger partial charge in [0.25, 0.3) is 0 Å². The summed E-state index contributed by atoms with van der Waals surface area (Å²) in [5, 5.41) is 3.25. The van der Waals surface area contributed by atoms with Crippen molar-refractivity contribution in [3.05, 3.63) is 29.1 Å². The predicted molar refractivity (Wildman–Crippen MR) is 62.2 cm³/mol. The molecule has 0 aliphatic carbocycles. The van der Waals surface area contributed by atoms with E-state index in [4.69, 9.17) is 0 Å². The van der Waals surface area contributed by atoms with E-state index in [1.165, 1.54) is 16.8 Å². The van der Waals surface area contributed by atoms with Gasteiger partial charge in [-0.2, -0.15) is 0 Å². The Bertz CT molecular complexity index is 256. The fourth-order valence-electron chi connectivity index (χ4n) is 1.29. The molecule has 0 bridgehead atoms. The van der Waals surface area contributed by atoms with E-state index < -0.39 is 0 Å². The fraction of sp³-hybridized carbons (Fsp3) is 0.583. The average Bonchev–Trinajstić information content (AvgIpc) is 2.71. The number of pyridine rings is 1. The van der Waals surface area contributed by atoms with Gasteiger partial charge in [-0.25, -0.2) is 0 Å². The molecular weight excluding hydrogens is 172 g/mol. The molecule has 2 rings (SSSR count). The molecule has 0 unspecified atom stereocenters. The lowest BCUT2D eigenvalue weighted by atomic mass is 10.2. The van der Waals surface area contributed by atoms with Gasteiger partial charge in [0.2, 0.25) is 0 Å². The van der Waals surface area contributed by atoms with Gasteiger partial charge >= 0.3 is 0 Å². The molecule has 0 fully saturated rings. The third-order valence-corrected chi connectivity index (χ3v) is 1.80. The lowest BCUT2D eigenvalue weighted by Gasteiger charge is -1.96. The molecule has 1 aromatic heterocycles. The number of nitrogens with zero attached hydrogens (tertiary/aromatic N) is 1. The zero-order valence-corrected chi connectivity index (χ0v) is 10.0. The van der Waals surface area contributed by atoms with E-state index >= 15 is 0 Å². The monoisotopic (exact) mass is 194 g/mol. The van der Waals surface area contributed by atoms with E-state index in [-0.39, 0.29) is 0 Å². The number of rotatable bonds is 0. The van der Waals surface area contributed by atoms with E-state index in [9.17, 15) is 0 Å². The predicted octanol–water partition coefficient (Wildman–Crippen LogP) is 3.05. The molecule has 0 spiro atoms. The Morgan fingerprint density at radius 2 is 1.79 bits per heavy atom. The maximum Gasteiger partial charge on any atom is 0.0586 e. The minimum atomic E-state index is 0.940. The van der Waals surface area contributed by atoms with Crippen molar-refractivity contribution in [2.75, 3.05) is 0 Å². The second-order valence-corrected chi connectivity index (χ2v) is 2.72. The van der Waals surface area contributed by atoms with Crippen molar-refractivity contribution in [3.63, 3.8) is 0 Å². The summed E-state index contributed by atoms with van der Waals surface area (Å²) in [5.74, 6) is 0. The maximum atomic E-state index is 4.30. The Morgan fingerprint density at radius 3 is 2.43 bits per heavy atom. The van der Waals surface area contributed by atoms with Gasteiger partial charge in [0.1, 0.15) is 0 Å². The van der Waals surface area contributed by atoms with E-state index in [1.807, 2.05) is 33.9 Å². The molecular formula is C12H22N2. The van der Waals surface area contributed by atoms with Gasteiger partial charge < -0.3 is 5.32 Å². The van der Waals surface area contributed by atoms with Gasteiger partial charge in [0.05, 0.1) is 5.69 Å². The van der Waals surface area contributed by atoms with E-state index in [2.05, 4.69) is 23.3 Å². The summed E-state index contributed by atoms with van der Waals surface area (Å²) in [6, 6.07) is 2.20. The summed E-state index contributed by atoms with van der Waals surface area (Å²) in [5.41, 5.74) is 3.83. The zero-order valence-electron chi connectivity index (χ0n) is 10.0. The van der Waals surface area contributed by atoms with Gasteiger partial charge in [-0.15, -0.1) is 0 Å². The smallest absolute Gasteiger partial charge is 0.0586 e. The van der Waals surface area contributed by atoms with Crippen molar-refractivity contribution in [1.29, 1.82) is 0 Å². The largest absolute Gasteiger partial charge is 0.307 e. The molecule has 1 aliphatic heterocycles. The topological polar surface area (TPSA) is 24.9 Å². The Morgan fingerprint density at radius 1 is 1.14 bits per heavy atom. The van der Waals surface area contributed by atoms with Crippen molar-refractivity contribution < 1.29 is 0 Å². The molecule has 0 saturated carbocycles. The highest BCUT2D eigenvalue weighted by atomic mass is 14.9. The van der Waals surface area contributed by atoms with Crippen LogP contribution < -0.4 is 5.32 Å². The van der Waals surface area contributed by atoms with Crippen LogP contribution in [0.15, 0.2) is 12.3 Å². The number of aromatic nitrogens is 1. The SMILES string of the molecule is CC.CC.Cc1cnc2c(c1)CNC2. The van der Waals surface area contributed by atoms with Crippen LogP contribution in [-0.2, 0) is 13.1 Å². The van der Waals surface area contributed by atoms with Crippen LogP contribution in [0, 0.1) is 6.92 Å². The third-order valence-electron chi connectivity index (χ3n) is 1.80. The fourth-order valence-corrected chi connectivity index (χ4v) is 1.29. The number of hydrogen-bond acceptors (Lipinski definition) is 2. The molecule has 0 atom stereocenters. The number of fused-ring (bicyclic) bond motifs is 1. The van der Waals surface area contributed by atoms with Crippen molar-refractivity contribution in [3.8, 4) is 0 Å². The van der Waals surface area contributed by atoms with Gasteiger partial charge in [-0.1, -0.05) is 33.8 Å². The highest BCUT2D eigenvalue weighted by Crippen LogP contribution is 2.12. The number of aryl methyl sites for hydroxylation is 1. The van der Waals surface area contributed by atoms with Crippen LogP contribution in [0.4, 0.5) is 0 Å². The molecule has 80 valence electrons. The molecule has 1 N–H and O–H groups in total. The van der Waals surface area contributed by atoms with Gasteiger partial charge in [-0.3, -0.25) is 4.98 Å². The highest BCUT2D eigenvalue weighted by molar-refractivity contribution is 5.27. The van der Waals surface area contributed by atoms with Crippen LogP contribution in [0.25, 0.3) is 0 Å². The van der Waals surface area contributed by atoms with Crippen LogP contribution in [0.5, 0.6) is 0 Å². The Hall–Kier alpha value is -0.890. The molecule has 0 aromatic carbocycles. The summed E-state index contributed by atoms with van der Waals surface area (Å²) in [4.78, 5) is 4.30. The Labute approximate surface area is 87.8 Å². The molecule has 1 aromatic rings. The molecule has 2 nitrogen and oxygen atoms in total. The standard InChI is InChI=1S/C8H10N2.2C2H6/c1-6-2-7-4-9-5-8(7)10-3-6;2*1-2/h2-3,9H,4-5H2,1H3;2*1-2H3. The van der Waals surface area contributed by atoms with Crippen molar-refractivity contribution >= 4 is 0 Å². The second-order valence-electron chi connectivity index (χ2n) is 2.72. The summed E-state index contributed by atoms with van der Waals surface area (Å²) in [6.45, 7) is 12.0. The Balaban J connectivity index is 0.000000379. The molecule has 0 saturated heterocycles. The van der Waals surface area contributed by atoms with E-state index in [1.54, 1.807) is 0 Å². The maximum absolute atomic E-state index is 4.30. The van der Waals surface area contributed by atoms with Gasteiger partial charge in [0.15, 0.2) is 0 Å². The van der Waals surface area contributed by atoms with Crippen molar-refractivity contribution in [2.45, 2.75) is 47.7 Å². The normalized spacial score (nSPS) is 11.8. The highest BCUT2D eigenvalue weighted by Gasteiger charge is 2.09. The van der Waals surface area contributed by atoms with Crippen LogP contribution in [-0.4, -0.2) is 4.98 Å². The molecule has 0 amide bonds. The van der Waals surface area contributed by atoms with Gasteiger partial charge in [0, 0.05) is 19.3 Å². The first-order valence-electron chi connectivity index (χ1n) is 5.51. The van der Waals surface area contributed by atoms with E-state index in [0.29, 0.717) is 0 Å². The minimum Gasteiger partial charge on any atom is -0.307 e. The van der Waals surface area contributed by atoms with Crippen molar-refractivity contribution in [1.82, 2.24) is 10.3 Å². The summed E-state index contributed by atoms with van der Waals surface area (Å²) in [7, 11) is 0. The Kier molecular flexibility index (Phi) is 7.03. The average molecular weight is 194 g/mol. The number of nitrogens with one attached hydrogen (secondary N) is 1. The second kappa shape index (κ2) is 7.51. The first-order chi connectivity index (χ1) is 6.86. The molecule has 14 heavy (non-hydrogen) atoms. The first kappa shape index (κ1) is 13.1. The summed E-state index contributed by atoms with van der Waals surface area (Å²) in [6.07, 6.45) is 1.92. The number of hydrogen-bond donors (Lipinski definition) is 1. The quantitative estimate of drug-likeness (QED) is 0.686. The molecule has 2 heterocycles. The first-order valence-corrected chi connectivity index (χ1v) is 5.51. The van der Waals surface area contributed by atoms with Crippen LogP contribution in [0.1, 0.15) is 44.5 Å². The zero-order chi connectivity index (χ0) is 11.0. The third kappa shape index (κ3) is 3.46.